The first-order valence-electron chi connectivity index (χ1n) is 10.3. The van der Waals surface area contributed by atoms with Gasteiger partial charge in [-0.25, -0.2) is 13.8 Å². The zero-order valence-corrected chi connectivity index (χ0v) is 20.8. The number of pyridine rings is 1. The van der Waals surface area contributed by atoms with Crippen molar-refractivity contribution in [3.8, 4) is 11.1 Å². The molecule has 0 spiro atoms. The second-order valence-electron chi connectivity index (χ2n) is 7.96. The molecular formula is C21H17ClF5N7O2S. The van der Waals surface area contributed by atoms with Crippen LogP contribution in [0.15, 0.2) is 12.3 Å². The van der Waals surface area contributed by atoms with Gasteiger partial charge in [0.2, 0.25) is 5.91 Å². The lowest BCUT2D eigenvalue weighted by molar-refractivity contribution is -0.141. The van der Waals surface area contributed by atoms with Crippen molar-refractivity contribution in [2.45, 2.75) is 33.0 Å². The normalized spacial score (nSPS) is 12.1. The molecule has 4 aromatic heterocycles. The fraction of sp³-hybridized carbons (Fsp3) is 0.286. The number of rotatable bonds is 6. The molecule has 0 atom stereocenters. The number of anilines is 1. The van der Waals surface area contributed by atoms with Gasteiger partial charge in [0.05, 0.1) is 22.6 Å². The summed E-state index contributed by atoms with van der Waals surface area (Å²) in [4.78, 5) is 28.9. The summed E-state index contributed by atoms with van der Waals surface area (Å²) in [5.74, 6) is -1.84. The van der Waals surface area contributed by atoms with Gasteiger partial charge < -0.3 is 11.1 Å². The fourth-order valence-electron chi connectivity index (χ4n) is 3.67. The lowest BCUT2D eigenvalue weighted by atomic mass is 10.0. The number of aryl methyl sites for hydroxylation is 1. The van der Waals surface area contributed by atoms with Crippen LogP contribution in [-0.2, 0) is 24.6 Å². The van der Waals surface area contributed by atoms with Crippen molar-refractivity contribution in [1.82, 2.24) is 24.5 Å². The van der Waals surface area contributed by atoms with E-state index in [0.29, 0.717) is 22.6 Å². The molecule has 0 bridgehead atoms. The van der Waals surface area contributed by atoms with Gasteiger partial charge in [-0.1, -0.05) is 11.6 Å². The molecule has 0 aliphatic carbocycles. The third-order valence-corrected chi connectivity index (χ3v) is 7.17. The molecule has 0 saturated heterocycles. The first kappa shape index (κ1) is 26.5. The second kappa shape index (κ2) is 9.37. The number of aromatic nitrogens is 5. The molecule has 2 amide bonds. The molecule has 0 aliphatic rings. The van der Waals surface area contributed by atoms with Crippen LogP contribution in [0.2, 0.25) is 5.02 Å². The Labute approximate surface area is 214 Å². The first-order valence-corrected chi connectivity index (χ1v) is 11.5. The summed E-state index contributed by atoms with van der Waals surface area (Å²) in [7, 11) is 1.64. The van der Waals surface area contributed by atoms with Gasteiger partial charge in [0, 0.05) is 23.7 Å². The molecule has 4 rings (SSSR count). The summed E-state index contributed by atoms with van der Waals surface area (Å²) in [5.41, 5.74) is 4.59. The van der Waals surface area contributed by atoms with Gasteiger partial charge in [-0.2, -0.15) is 23.4 Å². The Morgan fingerprint density at radius 3 is 2.41 bits per heavy atom. The van der Waals surface area contributed by atoms with Gasteiger partial charge >= 0.3 is 6.18 Å². The Morgan fingerprint density at radius 2 is 1.89 bits per heavy atom. The van der Waals surface area contributed by atoms with Crippen LogP contribution >= 0.6 is 22.9 Å². The summed E-state index contributed by atoms with van der Waals surface area (Å²) in [5, 5.41) is 9.47. The van der Waals surface area contributed by atoms with E-state index in [1.807, 2.05) is 0 Å². The van der Waals surface area contributed by atoms with E-state index in [2.05, 4.69) is 20.5 Å². The minimum Gasteiger partial charge on any atom is -0.365 e. The van der Waals surface area contributed by atoms with Crippen LogP contribution in [0.1, 0.15) is 38.9 Å². The molecule has 16 heteroatoms. The molecular weight excluding hydrogens is 545 g/mol. The van der Waals surface area contributed by atoms with Crippen molar-refractivity contribution in [3.63, 3.8) is 0 Å². The molecule has 9 nitrogen and oxygen atoms in total. The van der Waals surface area contributed by atoms with E-state index in [4.69, 9.17) is 17.3 Å². The van der Waals surface area contributed by atoms with Crippen molar-refractivity contribution >= 4 is 50.7 Å². The molecule has 3 N–H and O–H groups in total. The lowest BCUT2D eigenvalue weighted by Crippen LogP contribution is -2.22. The van der Waals surface area contributed by atoms with Gasteiger partial charge in [0.25, 0.3) is 12.3 Å². The predicted octanol–water partition coefficient (Wildman–Crippen LogP) is 4.86. The average molecular weight is 562 g/mol. The molecule has 0 radical (unpaired) electrons. The number of hydrogen-bond acceptors (Lipinski definition) is 6. The van der Waals surface area contributed by atoms with E-state index in [1.54, 1.807) is 14.0 Å². The van der Waals surface area contributed by atoms with Crippen molar-refractivity contribution < 1.29 is 31.5 Å². The zero-order valence-electron chi connectivity index (χ0n) is 19.2. The molecule has 0 saturated carbocycles. The Bertz CT molecular complexity index is 1560. The molecule has 0 aromatic carbocycles. The number of carbonyl (C=O) groups is 2. The van der Waals surface area contributed by atoms with E-state index in [0.717, 1.165) is 10.7 Å². The summed E-state index contributed by atoms with van der Waals surface area (Å²) in [6.45, 7) is 2.26. The maximum Gasteiger partial charge on any atom is 0.436 e. The summed E-state index contributed by atoms with van der Waals surface area (Å²) < 4.78 is 69.0. The maximum absolute atomic E-state index is 13.6. The Kier molecular flexibility index (Phi) is 6.71. The molecule has 0 fully saturated rings. The SMILES string of the molecule is Cc1c(-c2cc(C(F)F)nc3sc(C(N)=O)c(NC(=O)Cn4nc(C(F)(F)F)c(Cl)c4C)c23)cnn1C. The van der Waals surface area contributed by atoms with Crippen molar-refractivity contribution in [2.75, 3.05) is 5.32 Å². The van der Waals surface area contributed by atoms with Gasteiger partial charge in [0.15, 0.2) is 5.69 Å². The highest BCUT2D eigenvalue weighted by Crippen LogP contribution is 2.43. The minimum absolute atomic E-state index is 0.00201. The Morgan fingerprint density at radius 1 is 1.22 bits per heavy atom. The Balaban J connectivity index is 1.85. The fourth-order valence-corrected chi connectivity index (χ4v) is 4.93. The standard InChI is InChI=1S/C21H17ClF5N7O2S/c1-7-10(5-29-33(7)3)9-4-11(18(23)24)30-20-13(9)15(16(37-20)19(28)36)31-12(35)6-34-8(2)14(22)17(32-34)21(25,26)27/h4-5,18H,6H2,1-3H3,(H2,28,36)(H,31,35). The topological polar surface area (TPSA) is 121 Å². The van der Waals surface area contributed by atoms with Crippen LogP contribution in [-0.4, -0.2) is 36.4 Å². The number of halogens is 6. The number of hydrogen-bond donors (Lipinski definition) is 2. The summed E-state index contributed by atoms with van der Waals surface area (Å²) in [6, 6.07) is 1.12. The number of fused-ring (bicyclic) bond motifs is 1. The lowest BCUT2D eigenvalue weighted by Gasteiger charge is -2.11. The highest BCUT2D eigenvalue weighted by atomic mass is 35.5. The maximum atomic E-state index is 13.6. The number of thiophene rings is 1. The van der Waals surface area contributed by atoms with E-state index < -0.39 is 47.4 Å². The van der Waals surface area contributed by atoms with Crippen LogP contribution in [0.4, 0.5) is 27.6 Å². The van der Waals surface area contributed by atoms with E-state index >= 15 is 0 Å². The van der Waals surface area contributed by atoms with Gasteiger partial charge in [-0.3, -0.25) is 19.0 Å². The number of nitrogens with one attached hydrogen (secondary N) is 1. The predicted molar refractivity (Wildman–Crippen MR) is 126 cm³/mol. The van der Waals surface area contributed by atoms with E-state index in [1.165, 1.54) is 17.8 Å². The van der Waals surface area contributed by atoms with Crippen LogP contribution in [0.25, 0.3) is 21.3 Å². The number of primary amides is 1. The van der Waals surface area contributed by atoms with Gasteiger partial charge in [-0.05, 0) is 25.5 Å². The van der Waals surface area contributed by atoms with E-state index in [9.17, 15) is 31.5 Å². The number of carbonyl (C=O) groups excluding carboxylic acids is 2. The summed E-state index contributed by atoms with van der Waals surface area (Å²) in [6.07, 6.45) is -6.34. The molecule has 0 aliphatic heterocycles. The first-order chi connectivity index (χ1) is 17.2. The minimum atomic E-state index is -4.84. The molecule has 37 heavy (non-hydrogen) atoms. The largest absolute Gasteiger partial charge is 0.436 e. The third kappa shape index (κ3) is 4.75. The second-order valence-corrected chi connectivity index (χ2v) is 9.34. The van der Waals surface area contributed by atoms with Crippen LogP contribution in [0, 0.1) is 13.8 Å². The van der Waals surface area contributed by atoms with Crippen LogP contribution in [0.5, 0.6) is 0 Å². The van der Waals surface area contributed by atoms with Crippen molar-refractivity contribution in [3.05, 3.63) is 44.9 Å². The average Bonchev–Trinajstić information content (AvgIpc) is 3.43. The number of nitrogens with two attached hydrogens (primary N) is 1. The van der Waals surface area contributed by atoms with Crippen molar-refractivity contribution in [1.29, 1.82) is 0 Å². The van der Waals surface area contributed by atoms with Gasteiger partial charge in [-0.15, -0.1) is 11.3 Å². The van der Waals surface area contributed by atoms with Crippen LogP contribution < -0.4 is 11.1 Å². The molecule has 196 valence electrons. The molecule has 4 aromatic rings. The van der Waals surface area contributed by atoms with Crippen LogP contribution in [0.3, 0.4) is 0 Å². The smallest absolute Gasteiger partial charge is 0.365 e. The molecule has 4 heterocycles. The Hall–Kier alpha value is -3.59. The highest BCUT2D eigenvalue weighted by Gasteiger charge is 2.38. The van der Waals surface area contributed by atoms with E-state index in [-0.39, 0.29) is 32.0 Å². The number of nitrogens with zero attached hydrogens (tertiary/aromatic N) is 5. The monoisotopic (exact) mass is 561 g/mol. The van der Waals surface area contributed by atoms with Crippen molar-refractivity contribution in [2.24, 2.45) is 12.8 Å². The third-order valence-electron chi connectivity index (χ3n) is 5.61. The quantitative estimate of drug-likeness (QED) is 0.326. The zero-order chi connectivity index (χ0) is 27.4. The highest BCUT2D eigenvalue weighted by molar-refractivity contribution is 7.21. The molecule has 0 unspecified atom stereocenters. The number of alkyl halides is 5. The number of amides is 2. The van der Waals surface area contributed by atoms with Gasteiger partial charge in [0.1, 0.15) is 21.9 Å². The summed E-state index contributed by atoms with van der Waals surface area (Å²) >= 11 is 6.44.